The summed E-state index contributed by atoms with van der Waals surface area (Å²) in [6, 6.07) is 0. The number of ether oxygens (including phenoxy) is 1. The van der Waals surface area contributed by atoms with E-state index in [4.69, 9.17) is 4.74 Å². The smallest absolute Gasteiger partial charge is 0.426 e. The van der Waals surface area contributed by atoms with Gasteiger partial charge in [0.05, 0.1) is 0 Å². The molecule has 4 aliphatic carbocycles. The number of esters is 1. The quantitative estimate of drug-likeness (QED) is 0.205. The number of hydrogen-bond donors (Lipinski definition) is 1. The predicted molar refractivity (Wildman–Crippen MR) is 131 cm³/mol. The summed E-state index contributed by atoms with van der Waals surface area (Å²) < 4.78 is 84.1. The first-order valence-corrected chi connectivity index (χ1v) is 14.2. The number of halogens is 6. The van der Waals surface area contributed by atoms with Crippen LogP contribution in [-0.4, -0.2) is 35.1 Å². The highest BCUT2D eigenvalue weighted by Gasteiger charge is 2.69. The SMILES string of the molecule is CC(=O)O[C@H]1CC[C@@]2(C)C(=CC[C@H]3[C@@H]4CC[C@H]([C@H](C)CCCC(O)(C(F)(F)F)C(F)(F)F)[C@@]4(C)CC[C@@H]32)C1. The van der Waals surface area contributed by atoms with Crippen LogP contribution in [0.4, 0.5) is 26.3 Å². The molecule has 9 heteroatoms. The average Bonchev–Trinajstić information content (AvgIpc) is 3.14. The fraction of sp³-hybridized carbons (Fsp3) is 0.897. The summed E-state index contributed by atoms with van der Waals surface area (Å²) in [4.78, 5) is 11.5. The maximum atomic E-state index is 13.1. The number of fused-ring (bicyclic) bond motifs is 5. The second-order valence-electron chi connectivity index (χ2n) is 13.2. The Morgan fingerprint density at radius 2 is 1.71 bits per heavy atom. The van der Waals surface area contributed by atoms with Crippen molar-refractivity contribution in [1.29, 1.82) is 0 Å². The van der Waals surface area contributed by atoms with E-state index in [9.17, 15) is 36.2 Å². The molecule has 8 atom stereocenters. The zero-order valence-electron chi connectivity index (χ0n) is 22.9. The molecule has 0 spiro atoms. The van der Waals surface area contributed by atoms with E-state index in [0.717, 1.165) is 51.4 Å². The van der Waals surface area contributed by atoms with Crippen LogP contribution >= 0.6 is 0 Å². The number of carbonyl (C=O) groups excluding carboxylic acids is 1. The summed E-state index contributed by atoms with van der Waals surface area (Å²) >= 11 is 0. The van der Waals surface area contributed by atoms with Gasteiger partial charge in [0.25, 0.3) is 5.60 Å². The summed E-state index contributed by atoms with van der Waals surface area (Å²) in [5.41, 5.74) is -3.15. The van der Waals surface area contributed by atoms with Crippen molar-refractivity contribution in [2.24, 2.45) is 40.4 Å². The molecule has 0 heterocycles. The molecule has 0 aromatic rings. The van der Waals surface area contributed by atoms with Gasteiger partial charge in [-0.2, -0.15) is 26.3 Å². The Balaban J connectivity index is 1.43. The highest BCUT2D eigenvalue weighted by molar-refractivity contribution is 5.66. The normalized spacial score (nSPS) is 38.5. The summed E-state index contributed by atoms with van der Waals surface area (Å²) in [5.74, 6) is 1.53. The van der Waals surface area contributed by atoms with Crippen LogP contribution in [0.3, 0.4) is 0 Å². The first-order valence-electron chi connectivity index (χ1n) is 14.2. The van der Waals surface area contributed by atoms with Crippen molar-refractivity contribution >= 4 is 5.97 Å². The van der Waals surface area contributed by atoms with Gasteiger partial charge in [-0.15, -0.1) is 0 Å². The van der Waals surface area contributed by atoms with Crippen molar-refractivity contribution in [3.05, 3.63) is 11.6 Å². The number of carbonyl (C=O) groups is 1. The van der Waals surface area contributed by atoms with Crippen molar-refractivity contribution in [1.82, 2.24) is 0 Å². The average molecular weight is 553 g/mol. The number of allylic oxidation sites excluding steroid dienone is 1. The van der Waals surface area contributed by atoms with Gasteiger partial charge >= 0.3 is 18.3 Å². The van der Waals surface area contributed by atoms with Gasteiger partial charge in [-0.1, -0.05) is 38.8 Å². The third kappa shape index (κ3) is 4.91. The predicted octanol–water partition coefficient (Wildman–Crippen LogP) is 8.16. The van der Waals surface area contributed by atoms with Crippen LogP contribution in [0.15, 0.2) is 11.6 Å². The zero-order chi connectivity index (χ0) is 28.3. The van der Waals surface area contributed by atoms with Crippen LogP contribution in [-0.2, 0) is 9.53 Å². The molecule has 0 amide bonds. The molecule has 3 nitrogen and oxygen atoms in total. The first-order chi connectivity index (χ1) is 17.4. The lowest BCUT2D eigenvalue weighted by Crippen LogP contribution is -2.56. The Morgan fingerprint density at radius 1 is 1.05 bits per heavy atom. The van der Waals surface area contributed by atoms with Crippen molar-refractivity contribution in [2.45, 2.75) is 122 Å². The van der Waals surface area contributed by atoms with Crippen LogP contribution in [0.5, 0.6) is 0 Å². The topological polar surface area (TPSA) is 46.5 Å². The van der Waals surface area contributed by atoms with Gasteiger partial charge in [-0.05, 0) is 98.2 Å². The second-order valence-corrected chi connectivity index (χ2v) is 13.2. The highest BCUT2D eigenvalue weighted by Crippen LogP contribution is 2.67. The maximum absolute atomic E-state index is 13.1. The Kier molecular flexibility index (Phi) is 7.81. The van der Waals surface area contributed by atoms with E-state index in [2.05, 4.69) is 19.9 Å². The highest BCUT2D eigenvalue weighted by atomic mass is 19.4. The van der Waals surface area contributed by atoms with E-state index in [1.54, 1.807) is 0 Å². The Bertz CT molecular complexity index is 912. The molecule has 0 bridgehead atoms. The van der Waals surface area contributed by atoms with Crippen LogP contribution in [0, 0.1) is 40.4 Å². The van der Waals surface area contributed by atoms with Gasteiger partial charge in [0.1, 0.15) is 6.10 Å². The van der Waals surface area contributed by atoms with Gasteiger partial charge in [0.15, 0.2) is 0 Å². The molecule has 0 aromatic heterocycles. The Hall–Kier alpha value is -1.25. The summed E-state index contributed by atoms with van der Waals surface area (Å²) in [5, 5.41) is 9.53. The standard InChI is InChI=1S/C29H42F6O3/c1-17(6-5-13-27(37,28(30,31)32)29(33,34)35)22-9-10-23-21-8-7-19-16-20(38-18(2)36)11-14-25(19,3)24(21)12-15-26(22,23)4/h7,17,20-24,37H,5-6,8-16H2,1-4H3/t17-,20+,21+,22-,23+,24+,25+,26-/m1/s1. The van der Waals surface area contributed by atoms with Gasteiger partial charge < -0.3 is 9.84 Å². The molecule has 0 saturated heterocycles. The van der Waals surface area contributed by atoms with Crippen molar-refractivity contribution in [3.63, 3.8) is 0 Å². The number of alkyl halides is 6. The minimum absolute atomic E-state index is 0.0155. The molecular formula is C29H42F6O3. The maximum Gasteiger partial charge on any atom is 0.426 e. The van der Waals surface area contributed by atoms with Crippen LogP contribution in [0.1, 0.15) is 98.3 Å². The molecule has 4 aliphatic rings. The monoisotopic (exact) mass is 552 g/mol. The third-order valence-corrected chi connectivity index (χ3v) is 11.3. The fourth-order valence-electron chi connectivity index (χ4n) is 9.26. The van der Waals surface area contributed by atoms with Gasteiger partial charge in [0, 0.05) is 13.3 Å². The number of hydrogen-bond acceptors (Lipinski definition) is 3. The minimum Gasteiger partial charge on any atom is -0.462 e. The summed E-state index contributed by atoms with van der Waals surface area (Å²) in [7, 11) is 0. The van der Waals surface area contributed by atoms with Gasteiger partial charge in [-0.3, -0.25) is 4.79 Å². The van der Waals surface area contributed by atoms with E-state index in [1.807, 2.05) is 6.92 Å². The molecule has 0 radical (unpaired) electrons. The van der Waals surface area contributed by atoms with Crippen LogP contribution < -0.4 is 0 Å². The van der Waals surface area contributed by atoms with Crippen molar-refractivity contribution in [3.8, 4) is 0 Å². The molecule has 1 N–H and O–H groups in total. The first kappa shape index (κ1) is 29.7. The van der Waals surface area contributed by atoms with E-state index in [1.165, 1.54) is 12.5 Å². The number of rotatable bonds is 6. The molecule has 3 fully saturated rings. The van der Waals surface area contributed by atoms with E-state index in [0.29, 0.717) is 17.8 Å². The minimum atomic E-state index is -5.75. The van der Waals surface area contributed by atoms with Gasteiger partial charge in [0.2, 0.25) is 0 Å². The van der Waals surface area contributed by atoms with E-state index < -0.39 is 24.4 Å². The largest absolute Gasteiger partial charge is 0.462 e. The summed E-state index contributed by atoms with van der Waals surface area (Å²) in [6.07, 6.45) is -2.96. The second kappa shape index (κ2) is 9.99. The lowest BCUT2D eigenvalue weighted by molar-refractivity contribution is -0.370. The van der Waals surface area contributed by atoms with Crippen molar-refractivity contribution < 1.29 is 41.0 Å². The van der Waals surface area contributed by atoms with Crippen LogP contribution in [0.25, 0.3) is 0 Å². The van der Waals surface area contributed by atoms with E-state index >= 15 is 0 Å². The molecule has 0 aromatic carbocycles. The van der Waals surface area contributed by atoms with Crippen LogP contribution in [0.2, 0.25) is 0 Å². The zero-order valence-corrected chi connectivity index (χ0v) is 22.9. The molecule has 0 unspecified atom stereocenters. The Morgan fingerprint density at radius 3 is 2.32 bits per heavy atom. The molecule has 218 valence electrons. The lowest BCUT2D eigenvalue weighted by atomic mass is 9.47. The molecule has 0 aliphatic heterocycles. The van der Waals surface area contributed by atoms with Gasteiger partial charge in [-0.25, -0.2) is 0 Å². The van der Waals surface area contributed by atoms with Crippen molar-refractivity contribution in [2.75, 3.05) is 0 Å². The molecular weight excluding hydrogens is 510 g/mol. The molecule has 4 rings (SSSR count). The molecule has 38 heavy (non-hydrogen) atoms. The fourth-order valence-corrected chi connectivity index (χ4v) is 9.26. The van der Waals surface area contributed by atoms with E-state index in [-0.39, 0.29) is 47.6 Å². The number of aliphatic hydroxyl groups is 1. The molecule has 3 saturated carbocycles. The third-order valence-electron chi connectivity index (χ3n) is 11.3. The summed E-state index contributed by atoms with van der Waals surface area (Å²) in [6.45, 7) is 8.06. The lowest BCUT2D eigenvalue weighted by Gasteiger charge is -2.58. The Labute approximate surface area is 221 Å².